The molecule has 0 saturated heterocycles. The zero-order chi connectivity index (χ0) is 20.1. The summed E-state index contributed by atoms with van der Waals surface area (Å²) in [6.07, 6.45) is 2.95. The van der Waals surface area contributed by atoms with Crippen LogP contribution in [0.1, 0.15) is 58.8 Å². The number of thiazole rings is 2. The molecule has 0 atom stereocenters. The second kappa shape index (κ2) is 9.25. The summed E-state index contributed by atoms with van der Waals surface area (Å²) in [6.45, 7) is 6.52. The van der Waals surface area contributed by atoms with E-state index in [-0.39, 0.29) is 5.91 Å². The highest BCUT2D eigenvalue weighted by Crippen LogP contribution is 2.29. The fraction of sp³-hybridized carbons (Fsp3) is 0.400. The molecule has 2 aromatic heterocycles. The SMILES string of the molecule is CCCCCN(C(=O)c1ccc2ncsc2c1)c1nc(C)c(C(=O)OCC)s1. The fourth-order valence-electron chi connectivity index (χ4n) is 2.83. The Hall–Kier alpha value is -2.32. The lowest BCUT2D eigenvalue weighted by Crippen LogP contribution is -2.31. The Bertz CT molecular complexity index is 980. The number of unbranched alkanes of at least 4 members (excludes halogenated alkanes) is 2. The van der Waals surface area contributed by atoms with Gasteiger partial charge in [-0.25, -0.2) is 14.8 Å². The van der Waals surface area contributed by atoms with Gasteiger partial charge < -0.3 is 4.74 Å². The van der Waals surface area contributed by atoms with Gasteiger partial charge in [-0.2, -0.15) is 0 Å². The predicted octanol–water partition coefficient (Wildman–Crippen LogP) is 5.07. The summed E-state index contributed by atoms with van der Waals surface area (Å²) in [5.74, 6) is -0.508. The smallest absolute Gasteiger partial charge is 0.350 e. The van der Waals surface area contributed by atoms with Crippen molar-refractivity contribution in [2.45, 2.75) is 40.0 Å². The lowest BCUT2D eigenvalue weighted by Gasteiger charge is -2.20. The number of amides is 1. The summed E-state index contributed by atoms with van der Waals surface area (Å²) in [6, 6.07) is 5.53. The molecule has 2 heterocycles. The van der Waals surface area contributed by atoms with Crippen molar-refractivity contribution >= 4 is 49.9 Å². The lowest BCUT2D eigenvalue weighted by atomic mass is 10.1. The first-order valence-electron chi connectivity index (χ1n) is 9.34. The maximum atomic E-state index is 13.3. The van der Waals surface area contributed by atoms with E-state index in [1.165, 1.54) is 22.7 Å². The Morgan fingerprint density at radius 3 is 2.79 bits per heavy atom. The highest BCUT2D eigenvalue weighted by atomic mass is 32.1. The van der Waals surface area contributed by atoms with E-state index in [1.807, 2.05) is 12.1 Å². The van der Waals surface area contributed by atoms with Crippen molar-refractivity contribution in [2.24, 2.45) is 0 Å². The number of hydrogen-bond donors (Lipinski definition) is 0. The number of aryl methyl sites for hydroxylation is 1. The molecule has 0 aliphatic heterocycles. The molecule has 0 aliphatic rings. The van der Waals surface area contributed by atoms with Crippen LogP contribution in [0.2, 0.25) is 0 Å². The van der Waals surface area contributed by atoms with E-state index >= 15 is 0 Å². The van der Waals surface area contributed by atoms with Crippen molar-refractivity contribution in [1.29, 1.82) is 0 Å². The van der Waals surface area contributed by atoms with Crippen LogP contribution in [-0.2, 0) is 4.74 Å². The van der Waals surface area contributed by atoms with Gasteiger partial charge in [0.15, 0.2) is 5.13 Å². The predicted molar refractivity (Wildman–Crippen MR) is 114 cm³/mol. The molecule has 0 bridgehead atoms. The number of nitrogens with zero attached hydrogens (tertiary/aromatic N) is 3. The zero-order valence-electron chi connectivity index (χ0n) is 16.2. The normalized spacial score (nSPS) is 11.0. The number of esters is 1. The largest absolute Gasteiger partial charge is 0.462 e. The third-order valence-electron chi connectivity index (χ3n) is 4.29. The molecule has 1 aromatic carbocycles. The van der Waals surface area contributed by atoms with Crippen LogP contribution in [0.4, 0.5) is 5.13 Å². The molecule has 8 heteroatoms. The van der Waals surface area contributed by atoms with E-state index in [9.17, 15) is 9.59 Å². The number of benzene rings is 1. The van der Waals surface area contributed by atoms with Gasteiger partial charge in [0.2, 0.25) is 0 Å². The van der Waals surface area contributed by atoms with Crippen molar-refractivity contribution < 1.29 is 14.3 Å². The van der Waals surface area contributed by atoms with Gasteiger partial charge in [-0.1, -0.05) is 31.1 Å². The fourth-order valence-corrected chi connectivity index (χ4v) is 4.53. The Morgan fingerprint density at radius 1 is 1.21 bits per heavy atom. The maximum absolute atomic E-state index is 13.3. The van der Waals surface area contributed by atoms with Crippen LogP contribution in [0, 0.1) is 6.92 Å². The minimum atomic E-state index is -0.393. The Morgan fingerprint density at radius 2 is 2.04 bits per heavy atom. The van der Waals surface area contributed by atoms with Gasteiger partial charge in [0, 0.05) is 12.1 Å². The van der Waals surface area contributed by atoms with E-state index in [0.717, 1.165) is 29.5 Å². The van der Waals surface area contributed by atoms with Gasteiger partial charge in [0.25, 0.3) is 5.91 Å². The molecule has 28 heavy (non-hydrogen) atoms. The summed E-state index contributed by atoms with van der Waals surface area (Å²) < 4.78 is 6.08. The van der Waals surface area contributed by atoms with E-state index in [4.69, 9.17) is 4.74 Å². The summed E-state index contributed by atoms with van der Waals surface area (Å²) >= 11 is 2.72. The molecule has 0 saturated carbocycles. The van der Waals surface area contributed by atoms with E-state index in [2.05, 4.69) is 16.9 Å². The van der Waals surface area contributed by atoms with Gasteiger partial charge in [0.1, 0.15) is 4.88 Å². The average Bonchev–Trinajstić information content (AvgIpc) is 3.30. The molecule has 0 spiro atoms. The van der Waals surface area contributed by atoms with E-state index < -0.39 is 5.97 Å². The van der Waals surface area contributed by atoms with Crippen LogP contribution in [0.5, 0.6) is 0 Å². The minimum absolute atomic E-state index is 0.115. The standard InChI is InChI=1S/C20H23N3O3S2/c1-4-6-7-10-23(20-22-13(3)17(28-20)19(25)26-5-2)18(24)14-8-9-15-16(11-14)27-12-21-15/h8-9,11-12H,4-7,10H2,1-3H3. The first-order valence-corrected chi connectivity index (χ1v) is 11.0. The zero-order valence-corrected chi connectivity index (χ0v) is 17.9. The van der Waals surface area contributed by atoms with Crippen LogP contribution in [-0.4, -0.2) is 35.0 Å². The van der Waals surface area contributed by atoms with Crippen LogP contribution in [0.3, 0.4) is 0 Å². The maximum Gasteiger partial charge on any atom is 0.350 e. The molecule has 1 amide bonds. The van der Waals surface area contributed by atoms with Gasteiger partial charge in [-0.05, 0) is 38.5 Å². The summed E-state index contributed by atoms with van der Waals surface area (Å²) in [5.41, 5.74) is 3.84. The molecule has 148 valence electrons. The average molecular weight is 418 g/mol. The highest BCUT2D eigenvalue weighted by molar-refractivity contribution is 7.17. The highest BCUT2D eigenvalue weighted by Gasteiger charge is 2.24. The molecule has 6 nitrogen and oxygen atoms in total. The Balaban J connectivity index is 1.93. The van der Waals surface area contributed by atoms with Crippen LogP contribution in [0.15, 0.2) is 23.7 Å². The Kier molecular flexibility index (Phi) is 6.74. The van der Waals surface area contributed by atoms with Gasteiger partial charge in [-0.3, -0.25) is 9.69 Å². The third kappa shape index (κ3) is 4.39. The number of ether oxygens (including phenoxy) is 1. The van der Waals surface area contributed by atoms with Crippen molar-refractivity contribution in [1.82, 2.24) is 9.97 Å². The minimum Gasteiger partial charge on any atom is -0.462 e. The van der Waals surface area contributed by atoms with Gasteiger partial charge >= 0.3 is 5.97 Å². The first kappa shape index (κ1) is 20.4. The number of hydrogen-bond acceptors (Lipinski definition) is 7. The Labute approximate surface area is 172 Å². The third-order valence-corrected chi connectivity index (χ3v) is 6.24. The number of rotatable bonds is 8. The van der Waals surface area contributed by atoms with Crippen molar-refractivity contribution in [3.05, 3.63) is 39.8 Å². The lowest BCUT2D eigenvalue weighted by molar-refractivity contribution is 0.0531. The topological polar surface area (TPSA) is 72.4 Å². The monoisotopic (exact) mass is 417 g/mol. The van der Waals surface area contributed by atoms with Crippen LogP contribution >= 0.6 is 22.7 Å². The number of carbonyl (C=O) groups is 2. The summed E-state index contributed by atoms with van der Waals surface area (Å²) in [7, 11) is 0. The second-order valence-electron chi connectivity index (χ2n) is 6.33. The molecule has 0 radical (unpaired) electrons. The van der Waals surface area contributed by atoms with Gasteiger partial charge in [0.05, 0.1) is 28.0 Å². The van der Waals surface area contributed by atoms with Crippen molar-refractivity contribution in [3.63, 3.8) is 0 Å². The first-order chi connectivity index (χ1) is 13.5. The second-order valence-corrected chi connectivity index (χ2v) is 8.19. The molecular weight excluding hydrogens is 394 g/mol. The number of aromatic nitrogens is 2. The van der Waals surface area contributed by atoms with E-state index in [0.29, 0.717) is 34.4 Å². The molecule has 0 aliphatic carbocycles. The van der Waals surface area contributed by atoms with E-state index in [1.54, 1.807) is 30.3 Å². The number of anilines is 1. The summed E-state index contributed by atoms with van der Waals surface area (Å²) in [5, 5.41) is 0.533. The summed E-state index contributed by atoms with van der Waals surface area (Å²) in [4.78, 5) is 36.3. The molecule has 3 rings (SSSR count). The molecule has 0 unspecified atom stereocenters. The molecular formula is C20H23N3O3S2. The van der Waals surface area contributed by atoms with Gasteiger partial charge in [-0.15, -0.1) is 11.3 Å². The van der Waals surface area contributed by atoms with Crippen LogP contribution < -0.4 is 4.90 Å². The van der Waals surface area contributed by atoms with Crippen molar-refractivity contribution in [3.8, 4) is 0 Å². The molecule has 0 N–H and O–H groups in total. The molecule has 3 aromatic rings. The van der Waals surface area contributed by atoms with Crippen molar-refractivity contribution in [2.75, 3.05) is 18.1 Å². The van der Waals surface area contributed by atoms with Crippen LogP contribution in [0.25, 0.3) is 10.2 Å². The number of fused-ring (bicyclic) bond motifs is 1. The molecule has 0 fully saturated rings. The quantitative estimate of drug-likeness (QED) is 0.378. The number of carbonyl (C=O) groups excluding carboxylic acids is 2.